The highest BCUT2D eigenvalue weighted by Crippen LogP contribution is 2.10. The first-order chi connectivity index (χ1) is 9.63. The lowest BCUT2D eigenvalue weighted by molar-refractivity contribution is 0.612. The van der Waals surface area contributed by atoms with E-state index in [-0.39, 0.29) is 24.0 Å². The van der Waals surface area contributed by atoms with Gasteiger partial charge in [-0.3, -0.25) is 4.99 Å². The summed E-state index contributed by atoms with van der Waals surface area (Å²) in [5.41, 5.74) is 1.26. The number of aliphatic imine (C=N–C) groups is 1. The number of hydrogen-bond donors (Lipinski definition) is 2. The lowest BCUT2D eigenvalue weighted by atomic mass is 10.2. The number of benzene rings is 1. The van der Waals surface area contributed by atoms with Crippen molar-refractivity contribution in [2.24, 2.45) is 10.9 Å². The van der Waals surface area contributed by atoms with Gasteiger partial charge in [0, 0.05) is 39.4 Å². The van der Waals surface area contributed by atoms with Crippen molar-refractivity contribution in [3.8, 4) is 0 Å². The quantitative estimate of drug-likeness (QED) is 0.318. The predicted molar refractivity (Wildman–Crippen MR) is 104 cm³/mol. The molecular weight excluding hydrogens is 375 g/mol. The van der Waals surface area contributed by atoms with E-state index in [1.807, 2.05) is 13.1 Å². The zero-order chi connectivity index (χ0) is 14.8. The maximum atomic E-state index is 4.22. The molecule has 1 aromatic rings. The number of hydrogen-bond acceptors (Lipinski definition) is 2. The third-order valence-electron chi connectivity index (χ3n) is 3.06. The molecule has 0 aromatic heterocycles. The zero-order valence-electron chi connectivity index (χ0n) is 13.6. The van der Waals surface area contributed by atoms with Crippen molar-refractivity contribution in [3.05, 3.63) is 30.3 Å². The summed E-state index contributed by atoms with van der Waals surface area (Å²) in [6, 6.07) is 10.5. The molecule has 120 valence electrons. The highest BCUT2D eigenvalue weighted by atomic mass is 127. The number of anilines is 1. The van der Waals surface area contributed by atoms with Crippen molar-refractivity contribution in [1.29, 1.82) is 0 Å². The van der Waals surface area contributed by atoms with Crippen LogP contribution in [-0.4, -0.2) is 39.7 Å². The van der Waals surface area contributed by atoms with Gasteiger partial charge in [0.1, 0.15) is 0 Å². The number of halogens is 1. The molecule has 5 heteroatoms. The summed E-state index contributed by atoms with van der Waals surface area (Å²) < 4.78 is 0. The SMILES string of the molecule is CN=C(NCCCN(C)c1ccccc1)NCC(C)C.I. The van der Waals surface area contributed by atoms with Crippen LogP contribution in [0.4, 0.5) is 5.69 Å². The summed E-state index contributed by atoms with van der Waals surface area (Å²) in [6.07, 6.45) is 1.08. The molecule has 0 aliphatic heterocycles. The Bertz CT molecular complexity index is 393. The lowest BCUT2D eigenvalue weighted by Gasteiger charge is -2.19. The van der Waals surface area contributed by atoms with E-state index in [2.05, 4.69) is 65.7 Å². The van der Waals surface area contributed by atoms with Crippen molar-refractivity contribution < 1.29 is 0 Å². The Hall–Kier alpha value is -0.980. The standard InChI is InChI=1S/C16H28N4.HI/c1-14(2)13-19-16(17-3)18-11-8-12-20(4)15-9-6-5-7-10-15;/h5-7,9-10,14H,8,11-13H2,1-4H3,(H2,17,18,19);1H. The summed E-state index contributed by atoms with van der Waals surface area (Å²) in [6.45, 7) is 7.28. The molecule has 0 saturated carbocycles. The second kappa shape index (κ2) is 11.7. The highest BCUT2D eigenvalue weighted by Gasteiger charge is 2.01. The maximum Gasteiger partial charge on any atom is 0.190 e. The van der Waals surface area contributed by atoms with E-state index < -0.39 is 0 Å². The van der Waals surface area contributed by atoms with Crippen LogP contribution in [0.2, 0.25) is 0 Å². The Kier molecular flexibility index (Phi) is 11.1. The maximum absolute atomic E-state index is 4.22. The smallest absolute Gasteiger partial charge is 0.190 e. The Labute approximate surface area is 146 Å². The average Bonchev–Trinajstić information content (AvgIpc) is 2.47. The van der Waals surface area contributed by atoms with Gasteiger partial charge in [0.15, 0.2) is 5.96 Å². The molecule has 0 aliphatic carbocycles. The first-order valence-corrected chi connectivity index (χ1v) is 7.34. The van der Waals surface area contributed by atoms with Gasteiger partial charge < -0.3 is 15.5 Å². The second-order valence-electron chi connectivity index (χ2n) is 5.38. The van der Waals surface area contributed by atoms with Crippen LogP contribution in [-0.2, 0) is 0 Å². The molecule has 1 rings (SSSR count). The summed E-state index contributed by atoms with van der Waals surface area (Å²) >= 11 is 0. The van der Waals surface area contributed by atoms with Gasteiger partial charge in [-0.2, -0.15) is 0 Å². The topological polar surface area (TPSA) is 39.7 Å². The van der Waals surface area contributed by atoms with E-state index in [4.69, 9.17) is 0 Å². The molecule has 21 heavy (non-hydrogen) atoms. The molecule has 0 fully saturated rings. The van der Waals surface area contributed by atoms with Gasteiger partial charge in [-0.15, -0.1) is 24.0 Å². The first kappa shape index (κ1) is 20.0. The van der Waals surface area contributed by atoms with Gasteiger partial charge in [0.2, 0.25) is 0 Å². The van der Waals surface area contributed by atoms with Gasteiger partial charge in [0.25, 0.3) is 0 Å². The van der Waals surface area contributed by atoms with Gasteiger partial charge in [-0.05, 0) is 24.5 Å². The van der Waals surface area contributed by atoms with Crippen molar-refractivity contribution >= 4 is 35.6 Å². The van der Waals surface area contributed by atoms with Crippen LogP contribution in [0.3, 0.4) is 0 Å². The Morgan fingerprint density at radius 3 is 2.43 bits per heavy atom. The van der Waals surface area contributed by atoms with Gasteiger partial charge in [-0.1, -0.05) is 32.0 Å². The molecular formula is C16H29IN4. The Morgan fingerprint density at radius 2 is 1.86 bits per heavy atom. The number of nitrogens with one attached hydrogen (secondary N) is 2. The molecule has 0 amide bonds. The third kappa shape index (κ3) is 8.80. The van der Waals surface area contributed by atoms with Crippen molar-refractivity contribution in [1.82, 2.24) is 10.6 Å². The fourth-order valence-corrected chi connectivity index (χ4v) is 1.86. The molecule has 4 nitrogen and oxygen atoms in total. The number of guanidine groups is 1. The van der Waals surface area contributed by atoms with Crippen LogP contribution in [0.25, 0.3) is 0 Å². The van der Waals surface area contributed by atoms with E-state index in [1.54, 1.807) is 0 Å². The summed E-state index contributed by atoms with van der Waals surface area (Å²) in [7, 11) is 3.94. The second-order valence-corrected chi connectivity index (χ2v) is 5.38. The normalized spacial score (nSPS) is 11.0. The summed E-state index contributed by atoms with van der Waals surface area (Å²) in [5.74, 6) is 1.51. The third-order valence-corrected chi connectivity index (χ3v) is 3.06. The van der Waals surface area contributed by atoms with E-state index in [9.17, 15) is 0 Å². The molecule has 0 saturated heterocycles. The molecule has 2 N–H and O–H groups in total. The number of para-hydroxylation sites is 1. The molecule has 0 radical (unpaired) electrons. The molecule has 1 aromatic carbocycles. The zero-order valence-corrected chi connectivity index (χ0v) is 15.9. The fourth-order valence-electron chi connectivity index (χ4n) is 1.86. The summed E-state index contributed by atoms with van der Waals surface area (Å²) in [4.78, 5) is 6.49. The molecule has 0 unspecified atom stereocenters. The Morgan fingerprint density at radius 1 is 1.19 bits per heavy atom. The van der Waals surface area contributed by atoms with Crippen molar-refractivity contribution in [2.45, 2.75) is 20.3 Å². The first-order valence-electron chi connectivity index (χ1n) is 7.34. The van der Waals surface area contributed by atoms with Crippen molar-refractivity contribution in [2.75, 3.05) is 38.6 Å². The largest absolute Gasteiger partial charge is 0.375 e. The van der Waals surface area contributed by atoms with Crippen LogP contribution in [0.1, 0.15) is 20.3 Å². The van der Waals surface area contributed by atoms with Crippen LogP contribution in [0, 0.1) is 5.92 Å². The predicted octanol–water partition coefficient (Wildman–Crippen LogP) is 2.95. The minimum Gasteiger partial charge on any atom is -0.375 e. The van der Waals surface area contributed by atoms with E-state index in [1.165, 1.54) is 5.69 Å². The molecule has 0 atom stereocenters. The van der Waals surface area contributed by atoms with Crippen LogP contribution in [0.15, 0.2) is 35.3 Å². The minimum atomic E-state index is 0. The van der Waals surface area contributed by atoms with E-state index in [0.29, 0.717) is 5.92 Å². The van der Waals surface area contributed by atoms with E-state index >= 15 is 0 Å². The van der Waals surface area contributed by atoms with Crippen LogP contribution >= 0.6 is 24.0 Å². The molecule has 0 heterocycles. The van der Waals surface area contributed by atoms with Gasteiger partial charge in [0.05, 0.1) is 0 Å². The van der Waals surface area contributed by atoms with Crippen LogP contribution in [0.5, 0.6) is 0 Å². The van der Waals surface area contributed by atoms with Gasteiger partial charge >= 0.3 is 0 Å². The number of nitrogens with zero attached hydrogens (tertiary/aromatic N) is 2. The monoisotopic (exact) mass is 404 g/mol. The lowest BCUT2D eigenvalue weighted by Crippen LogP contribution is -2.40. The average molecular weight is 404 g/mol. The summed E-state index contributed by atoms with van der Waals surface area (Å²) in [5, 5.41) is 6.66. The highest BCUT2D eigenvalue weighted by molar-refractivity contribution is 14.0. The fraction of sp³-hybridized carbons (Fsp3) is 0.562. The minimum absolute atomic E-state index is 0. The molecule has 0 bridgehead atoms. The van der Waals surface area contributed by atoms with Gasteiger partial charge in [-0.25, -0.2) is 0 Å². The molecule has 0 spiro atoms. The van der Waals surface area contributed by atoms with Crippen LogP contribution < -0.4 is 15.5 Å². The van der Waals surface area contributed by atoms with Crippen molar-refractivity contribution in [3.63, 3.8) is 0 Å². The Balaban J connectivity index is 0.00000400. The molecule has 0 aliphatic rings. The van der Waals surface area contributed by atoms with E-state index in [0.717, 1.165) is 32.0 Å². The number of rotatable bonds is 7.